The average Bonchev–Trinajstić information content (AvgIpc) is 3.00. The van der Waals surface area contributed by atoms with Crippen molar-refractivity contribution in [1.29, 1.82) is 0 Å². The minimum atomic E-state index is -2.96. The molecular formula is C20H24N2O3S. The Morgan fingerprint density at radius 1 is 1.00 bits per heavy atom. The van der Waals surface area contributed by atoms with Crippen LogP contribution < -0.4 is 0 Å². The maximum absolute atomic E-state index is 11.8. The Balaban J connectivity index is 1.71. The molecule has 0 spiro atoms. The Morgan fingerprint density at radius 3 is 2.50 bits per heavy atom. The van der Waals surface area contributed by atoms with Crippen molar-refractivity contribution in [2.75, 3.05) is 11.5 Å². The molecule has 0 N–H and O–H groups in total. The summed E-state index contributed by atoms with van der Waals surface area (Å²) in [7, 11) is -2.96. The molecule has 0 aliphatic heterocycles. The third kappa shape index (κ3) is 4.71. The van der Waals surface area contributed by atoms with Crippen molar-refractivity contribution in [2.45, 2.75) is 33.1 Å². The Morgan fingerprint density at radius 2 is 1.73 bits per heavy atom. The number of nitrogens with zero attached hydrogens (tertiary/aromatic N) is 2. The summed E-state index contributed by atoms with van der Waals surface area (Å²) in [6.07, 6.45) is 0.572. The Hall–Kier alpha value is -2.18. The van der Waals surface area contributed by atoms with Crippen molar-refractivity contribution in [3.63, 3.8) is 0 Å². The van der Waals surface area contributed by atoms with Crippen LogP contribution in [-0.4, -0.2) is 29.5 Å². The van der Waals surface area contributed by atoms with Crippen molar-refractivity contribution in [3.05, 3.63) is 66.0 Å². The lowest BCUT2D eigenvalue weighted by atomic mass is 10.2. The highest BCUT2D eigenvalue weighted by Crippen LogP contribution is 2.18. The van der Waals surface area contributed by atoms with Gasteiger partial charge < -0.3 is 9.30 Å². The minimum absolute atomic E-state index is 0.185. The average molecular weight is 372 g/mol. The van der Waals surface area contributed by atoms with Crippen molar-refractivity contribution >= 4 is 20.9 Å². The summed E-state index contributed by atoms with van der Waals surface area (Å²) in [6, 6.07) is 17.9. The topological polar surface area (TPSA) is 61.2 Å². The number of imidazole rings is 1. The monoisotopic (exact) mass is 372 g/mol. The van der Waals surface area contributed by atoms with Gasteiger partial charge >= 0.3 is 0 Å². The van der Waals surface area contributed by atoms with Crippen LogP contribution in [0.25, 0.3) is 11.0 Å². The number of para-hydroxylation sites is 2. The van der Waals surface area contributed by atoms with Gasteiger partial charge in [-0.15, -0.1) is 0 Å². The number of ether oxygens (including phenoxy) is 1. The molecule has 0 radical (unpaired) electrons. The van der Waals surface area contributed by atoms with Crippen LogP contribution in [-0.2, 0) is 34.3 Å². The molecule has 1 aromatic heterocycles. The summed E-state index contributed by atoms with van der Waals surface area (Å²) < 4.78 is 31.4. The summed E-state index contributed by atoms with van der Waals surface area (Å²) in [4.78, 5) is 4.67. The summed E-state index contributed by atoms with van der Waals surface area (Å²) in [6.45, 7) is 3.22. The summed E-state index contributed by atoms with van der Waals surface area (Å²) in [5, 5.41) is 0. The van der Waals surface area contributed by atoms with Gasteiger partial charge in [0.15, 0.2) is 0 Å². The first kappa shape index (κ1) is 18.6. The summed E-state index contributed by atoms with van der Waals surface area (Å²) >= 11 is 0. The van der Waals surface area contributed by atoms with Crippen molar-refractivity contribution in [1.82, 2.24) is 9.55 Å². The number of aromatic nitrogens is 2. The zero-order chi connectivity index (χ0) is 18.4. The molecule has 5 nitrogen and oxygen atoms in total. The number of hydrogen-bond acceptors (Lipinski definition) is 4. The fourth-order valence-corrected chi connectivity index (χ4v) is 3.76. The van der Waals surface area contributed by atoms with Gasteiger partial charge in [0.05, 0.1) is 23.4 Å². The van der Waals surface area contributed by atoms with Gasteiger partial charge in [-0.3, -0.25) is 0 Å². The van der Waals surface area contributed by atoms with Gasteiger partial charge in [0.2, 0.25) is 0 Å². The number of aryl methyl sites for hydroxylation is 1. The van der Waals surface area contributed by atoms with E-state index < -0.39 is 9.84 Å². The molecule has 138 valence electrons. The predicted octanol–water partition coefficient (Wildman–Crippen LogP) is 3.58. The molecule has 26 heavy (non-hydrogen) atoms. The van der Waals surface area contributed by atoms with Gasteiger partial charge in [0.1, 0.15) is 22.3 Å². The van der Waals surface area contributed by atoms with Crippen LogP contribution in [0.15, 0.2) is 54.6 Å². The smallest absolute Gasteiger partial charge is 0.150 e. The Kier molecular flexibility index (Phi) is 6.06. The lowest BCUT2D eigenvalue weighted by molar-refractivity contribution is 0.0996. The second-order valence-corrected chi connectivity index (χ2v) is 8.71. The molecule has 0 aliphatic carbocycles. The number of benzene rings is 2. The number of rotatable bonds is 9. The lowest BCUT2D eigenvalue weighted by Crippen LogP contribution is -2.13. The highest BCUT2D eigenvalue weighted by molar-refractivity contribution is 7.91. The van der Waals surface area contributed by atoms with Crippen LogP contribution in [0.3, 0.4) is 0 Å². The molecule has 3 rings (SSSR count). The molecule has 0 unspecified atom stereocenters. The quantitative estimate of drug-likeness (QED) is 0.576. The molecule has 1 heterocycles. The normalized spacial score (nSPS) is 11.9. The zero-order valence-electron chi connectivity index (χ0n) is 15.0. The van der Waals surface area contributed by atoms with Gasteiger partial charge in [-0.2, -0.15) is 0 Å². The van der Waals surface area contributed by atoms with E-state index in [4.69, 9.17) is 4.74 Å². The number of fused-ring (bicyclic) bond motifs is 1. The molecule has 0 atom stereocenters. The molecule has 6 heteroatoms. The number of hydrogen-bond donors (Lipinski definition) is 0. The molecule has 0 saturated carbocycles. The molecular weight excluding hydrogens is 348 g/mol. The third-order valence-electron chi connectivity index (χ3n) is 4.35. The van der Waals surface area contributed by atoms with Crippen molar-refractivity contribution in [2.24, 2.45) is 0 Å². The molecule has 2 aromatic carbocycles. The molecule has 0 fully saturated rings. The standard InChI is InChI=1S/C20H24N2O3S/c1-2-26(23,24)14-8-13-22-19-12-7-6-11-18(19)21-20(22)16-25-15-17-9-4-3-5-10-17/h3-7,9-12H,2,8,13-16H2,1H3. The highest BCUT2D eigenvalue weighted by Gasteiger charge is 2.12. The van der Waals surface area contributed by atoms with Crippen molar-refractivity contribution in [3.8, 4) is 0 Å². The molecule has 0 amide bonds. The first-order valence-corrected chi connectivity index (χ1v) is 10.7. The Bertz CT molecular complexity index is 950. The van der Waals surface area contributed by atoms with E-state index in [1.165, 1.54) is 0 Å². The van der Waals surface area contributed by atoms with E-state index in [-0.39, 0.29) is 11.5 Å². The molecule has 3 aromatic rings. The second-order valence-electron chi connectivity index (χ2n) is 6.24. The van der Waals surface area contributed by atoms with Crippen LogP contribution >= 0.6 is 0 Å². The summed E-state index contributed by atoms with van der Waals surface area (Å²) in [5.41, 5.74) is 3.04. The highest BCUT2D eigenvalue weighted by atomic mass is 32.2. The van der Waals surface area contributed by atoms with Crippen LogP contribution in [0.5, 0.6) is 0 Å². The van der Waals surface area contributed by atoms with Gasteiger partial charge in [-0.05, 0) is 24.1 Å². The van der Waals surface area contributed by atoms with Gasteiger partial charge in [-0.1, -0.05) is 49.4 Å². The van der Waals surface area contributed by atoms with Crippen LogP contribution in [0.1, 0.15) is 24.7 Å². The van der Waals surface area contributed by atoms with E-state index >= 15 is 0 Å². The van der Waals surface area contributed by atoms with Crippen LogP contribution in [0.4, 0.5) is 0 Å². The first-order chi connectivity index (χ1) is 12.6. The van der Waals surface area contributed by atoms with Crippen LogP contribution in [0, 0.1) is 0 Å². The van der Waals surface area contributed by atoms with E-state index in [1.54, 1.807) is 6.92 Å². The van der Waals surface area contributed by atoms with Crippen molar-refractivity contribution < 1.29 is 13.2 Å². The molecule has 0 bridgehead atoms. The summed E-state index contributed by atoms with van der Waals surface area (Å²) in [5.74, 6) is 1.21. The third-order valence-corrected chi connectivity index (χ3v) is 6.14. The molecule has 0 saturated heterocycles. The maximum Gasteiger partial charge on any atom is 0.150 e. The first-order valence-electron chi connectivity index (χ1n) is 8.85. The number of sulfone groups is 1. The fourth-order valence-electron chi connectivity index (χ4n) is 2.91. The van der Waals surface area contributed by atoms with Crippen LogP contribution in [0.2, 0.25) is 0 Å². The van der Waals surface area contributed by atoms with Gasteiger partial charge in [0.25, 0.3) is 0 Å². The second kappa shape index (κ2) is 8.47. The van der Waals surface area contributed by atoms with E-state index in [0.717, 1.165) is 22.4 Å². The molecule has 0 aliphatic rings. The predicted molar refractivity (Wildman–Crippen MR) is 104 cm³/mol. The Labute approximate surface area is 154 Å². The van der Waals surface area contributed by atoms with E-state index in [0.29, 0.717) is 26.2 Å². The van der Waals surface area contributed by atoms with E-state index in [9.17, 15) is 8.42 Å². The van der Waals surface area contributed by atoms with E-state index in [1.807, 2.05) is 54.6 Å². The van der Waals surface area contributed by atoms with Gasteiger partial charge in [-0.25, -0.2) is 13.4 Å². The fraction of sp³-hybridized carbons (Fsp3) is 0.350. The lowest BCUT2D eigenvalue weighted by Gasteiger charge is -2.10. The SMILES string of the molecule is CCS(=O)(=O)CCCn1c(COCc2ccccc2)nc2ccccc21. The minimum Gasteiger partial charge on any atom is -0.369 e. The van der Waals surface area contributed by atoms with E-state index in [2.05, 4.69) is 9.55 Å². The zero-order valence-corrected chi connectivity index (χ0v) is 15.8. The largest absolute Gasteiger partial charge is 0.369 e. The maximum atomic E-state index is 11.8. The van der Waals surface area contributed by atoms with Gasteiger partial charge in [0, 0.05) is 12.3 Å².